The summed E-state index contributed by atoms with van der Waals surface area (Å²) in [5, 5.41) is 9.36. The van der Waals surface area contributed by atoms with Gasteiger partial charge in [0.2, 0.25) is 0 Å². The second kappa shape index (κ2) is 5.54. The van der Waals surface area contributed by atoms with E-state index in [1.54, 1.807) is 0 Å². The van der Waals surface area contributed by atoms with Gasteiger partial charge in [0, 0.05) is 6.54 Å². The Morgan fingerprint density at radius 2 is 2.05 bits per heavy atom. The highest BCUT2D eigenvalue weighted by molar-refractivity contribution is 5.77. The van der Waals surface area contributed by atoms with Crippen molar-refractivity contribution in [1.82, 2.24) is 14.5 Å². The molecule has 1 aliphatic rings. The zero-order valence-corrected chi connectivity index (χ0v) is 12.3. The third kappa shape index (κ3) is 2.34. The van der Waals surface area contributed by atoms with Crippen LogP contribution in [0.25, 0.3) is 11.0 Å². The molecule has 2 aromatic rings. The topological polar surface area (TPSA) is 41.3 Å². The van der Waals surface area contributed by atoms with Crippen LogP contribution in [0.2, 0.25) is 0 Å². The molecule has 2 heterocycles. The predicted octanol–water partition coefficient (Wildman–Crippen LogP) is 2.49. The van der Waals surface area contributed by atoms with Gasteiger partial charge >= 0.3 is 0 Å². The summed E-state index contributed by atoms with van der Waals surface area (Å²) in [6.45, 7) is 7.40. The smallest absolute Gasteiger partial charge is 0.127 e. The highest BCUT2D eigenvalue weighted by atomic mass is 16.3. The monoisotopic (exact) mass is 273 g/mol. The third-order valence-electron chi connectivity index (χ3n) is 4.32. The van der Waals surface area contributed by atoms with Crippen LogP contribution < -0.4 is 0 Å². The van der Waals surface area contributed by atoms with Crippen LogP contribution in [0, 0.1) is 6.92 Å². The van der Waals surface area contributed by atoms with E-state index in [4.69, 9.17) is 4.98 Å². The molecule has 0 spiro atoms. The summed E-state index contributed by atoms with van der Waals surface area (Å²) in [6, 6.07) is 6.68. The van der Waals surface area contributed by atoms with Crippen LogP contribution in [-0.4, -0.2) is 39.3 Å². The van der Waals surface area contributed by atoms with Gasteiger partial charge in [0.1, 0.15) is 5.82 Å². The maximum absolute atomic E-state index is 9.36. The van der Waals surface area contributed by atoms with E-state index < -0.39 is 0 Å². The number of aliphatic hydroxyl groups excluding tert-OH is 1. The van der Waals surface area contributed by atoms with Gasteiger partial charge in [0.05, 0.1) is 23.7 Å². The van der Waals surface area contributed by atoms with Gasteiger partial charge in [-0.3, -0.25) is 4.90 Å². The van der Waals surface area contributed by atoms with Crippen molar-refractivity contribution in [2.75, 3.05) is 19.7 Å². The summed E-state index contributed by atoms with van der Waals surface area (Å²) in [6.07, 6.45) is 2.56. The van der Waals surface area contributed by atoms with E-state index in [1.165, 1.54) is 18.4 Å². The van der Waals surface area contributed by atoms with E-state index in [1.807, 2.05) is 0 Å². The van der Waals surface area contributed by atoms with Gasteiger partial charge in [-0.15, -0.1) is 0 Å². The van der Waals surface area contributed by atoms with Gasteiger partial charge in [-0.05, 0) is 57.5 Å². The molecule has 3 rings (SSSR count). The van der Waals surface area contributed by atoms with Crippen LogP contribution in [0.15, 0.2) is 18.2 Å². The van der Waals surface area contributed by atoms with Crippen molar-refractivity contribution in [3.05, 3.63) is 29.6 Å². The number of fused-ring (bicyclic) bond motifs is 1. The summed E-state index contributed by atoms with van der Waals surface area (Å²) in [5.74, 6) is 1.08. The molecule has 1 unspecified atom stereocenters. The number of aliphatic hydroxyl groups is 1. The van der Waals surface area contributed by atoms with E-state index in [0.717, 1.165) is 29.9 Å². The molecule has 0 bridgehead atoms. The lowest BCUT2D eigenvalue weighted by atomic mass is 10.2. The number of likely N-dealkylation sites (tertiary alicyclic amines) is 1. The second-order valence-electron chi connectivity index (χ2n) is 5.76. The molecule has 1 aromatic heterocycles. The fraction of sp³-hybridized carbons (Fsp3) is 0.562. The number of aromatic nitrogens is 2. The molecule has 1 saturated heterocycles. The van der Waals surface area contributed by atoms with Gasteiger partial charge in [-0.2, -0.15) is 0 Å². The summed E-state index contributed by atoms with van der Waals surface area (Å²) >= 11 is 0. The standard InChI is InChI=1S/C16H23N3O/c1-12-5-6-15-14(11-12)17-16(19(15)9-10-20)13(2)18-7-3-4-8-18/h5-6,11,13,20H,3-4,7-10H2,1-2H3. The molecule has 1 N–H and O–H groups in total. The Morgan fingerprint density at radius 1 is 1.30 bits per heavy atom. The number of hydrogen-bond acceptors (Lipinski definition) is 3. The van der Waals surface area contributed by atoms with Gasteiger partial charge in [0.15, 0.2) is 0 Å². The van der Waals surface area contributed by atoms with Crippen molar-refractivity contribution in [3.8, 4) is 0 Å². The molecule has 108 valence electrons. The fourth-order valence-corrected chi connectivity index (χ4v) is 3.20. The molecule has 1 aliphatic heterocycles. The average molecular weight is 273 g/mol. The SMILES string of the molecule is Cc1ccc2c(c1)nc(C(C)N1CCCC1)n2CCO. The lowest BCUT2D eigenvalue weighted by Gasteiger charge is -2.24. The maximum Gasteiger partial charge on any atom is 0.127 e. The van der Waals surface area contributed by atoms with Crippen molar-refractivity contribution < 1.29 is 5.11 Å². The molecule has 0 radical (unpaired) electrons. The van der Waals surface area contributed by atoms with Crippen LogP contribution in [0.1, 0.15) is 37.2 Å². The zero-order chi connectivity index (χ0) is 14.1. The Kier molecular flexibility index (Phi) is 3.76. The Balaban J connectivity index is 2.05. The van der Waals surface area contributed by atoms with Crippen molar-refractivity contribution in [2.24, 2.45) is 0 Å². The molecular formula is C16H23N3O. The minimum Gasteiger partial charge on any atom is -0.395 e. The fourth-order valence-electron chi connectivity index (χ4n) is 3.20. The van der Waals surface area contributed by atoms with Crippen LogP contribution >= 0.6 is 0 Å². The van der Waals surface area contributed by atoms with Gasteiger partial charge in [-0.1, -0.05) is 6.07 Å². The summed E-state index contributed by atoms with van der Waals surface area (Å²) < 4.78 is 2.18. The molecule has 0 saturated carbocycles. The van der Waals surface area contributed by atoms with Crippen LogP contribution in [0.5, 0.6) is 0 Å². The first-order valence-electron chi connectivity index (χ1n) is 7.52. The molecular weight excluding hydrogens is 250 g/mol. The first-order chi connectivity index (χ1) is 9.70. The lowest BCUT2D eigenvalue weighted by molar-refractivity contribution is 0.237. The molecule has 0 amide bonds. The molecule has 1 aromatic carbocycles. The van der Waals surface area contributed by atoms with Crippen LogP contribution in [0.4, 0.5) is 0 Å². The number of imidazole rings is 1. The summed E-state index contributed by atoms with van der Waals surface area (Å²) in [5.41, 5.74) is 3.40. The van der Waals surface area contributed by atoms with Gasteiger partial charge in [-0.25, -0.2) is 4.98 Å². The normalized spacial score (nSPS) is 17.9. The molecule has 4 nitrogen and oxygen atoms in total. The highest BCUT2D eigenvalue weighted by Gasteiger charge is 2.24. The van der Waals surface area contributed by atoms with Crippen molar-refractivity contribution >= 4 is 11.0 Å². The Bertz CT molecular complexity index is 599. The lowest BCUT2D eigenvalue weighted by Crippen LogP contribution is -2.26. The largest absolute Gasteiger partial charge is 0.395 e. The van der Waals surface area contributed by atoms with Crippen molar-refractivity contribution in [3.63, 3.8) is 0 Å². The number of rotatable bonds is 4. The first-order valence-corrected chi connectivity index (χ1v) is 7.52. The van der Waals surface area contributed by atoms with Crippen molar-refractivity contribution in [2.45, 2.75) is 39.3 Å². The number of nitrogens with zero attached hydrogens (tertiary/aromatic N) is 3. The molecule has 1 fully saturated rings. The average Bonchev–Trinajstić information content (AvgIpc) is 3.06. The van der Waals surface area contributed by atoms with Crippen molar-refractivity contribution in [1.29, 1.82) is 0 Å². The van der Waals surface area contributed by atoms with E-state index in [0.29, 0.717) is 12.6 Å². The summed E-state index contributed by atoms with van der Waals surface area (Å²) in [4.78, 5) is 7.33. The maximum atomic E-state index is 9.36. The first kappa shape index (κ1) is 13.6. The van der Waals surface area contributed by atoms with E-state index >= 15 is 0 Å². The molecule has 1 atom stereocenters. The minimum absolute atomic E-state index is 0.152. The Morgan fingerprint density at radius 3 is 2.75 bits per heavy atom. The quantitative estimate of drug-likeness (QED) is 0.930. The Hall–Kier alpha value is -1.39. The number of hydrogen-bond donors (Lipinski definition) is 1. The van der Waals surface area contributed by atoms with Gasteiger partial charge in [0.25, 0.3) is 0 Å². The number of benzene rings is 1. The zero-order valence-electron chi connectivity index (χ0n) is 12.3. The molecule has 0 aliphatic carbocycles. The van der Waals surface area contributed by atoms with Crippen LogP contribution in [0.3, 0.4) is 0 Å². The van der Waals surface area contributed by atoms with Crippen LogP contribution in [-0.2, 0) is 6.54 Å². The minimum atomic E-state index is 0.152. The van der Waals surface area contributed by atoms with E-state index in [-0.39, 0.29) is 6.61 Å². The highest BCUT2D eigenvalue weighted by Crippen LogP contribution is 2.27. The summed E-state index contributed by atoms with van der Waals surface area (Å²) in [7, 11) is 0. The van der Waals surface area contributed by atoms with E-state index in [9.17, 15) is 5.11 Å². The predicted molar refractivity (Wildman–Crippen MR) is 80.8 cm³/mol. The molecule has 20 heavy (non-hydrogen) atoms. The molecule has 4 heteroatoms. The van der Waals surface area contributed by atoms with E-state index in [2.05, 4.69) is 41.5 Å². The number of aryl methyl sites for hydroxylation is 1. The Labute approximate surface area is 120 Å². The second-order valence-corrected chi connectivity index (χ2v) is 5.76. The third-order valence-corrected chi connectivity index (χ3v) is 4.32. The van der Waals surface area contributed by atoms with Gasteiger partial charge < -0.3 is 9.67 Å².